The number of carbonyl (C=O) groups excluding carboxylic acids is 1. The van der Waals surface area contributed by atoms with Crippen LogP contribution in [-0.2, 0) is 10.7 Å². The lowest BCUT2D eigenvalue weighted by molar-refractivity contribution is -0.175. The first kappa shape index (κ1) is 19.3. The Morgan fingerprint density at radius 1 is 1.22 bits per heavy atom. The number of pyridine rings is 1. The first-order chi connectivity index (χ1) is 12.5. The minimum absolute atomic E-state index is 0.173. The maximum Gasteiger partial charge on any atom is 0.295 e. The van der Waals surface area contributed by atoms with E-state index >= 15 is 8.78 Å². The Labute approximate surface area is 155 Å². The van der Waals surface area contributed by atoms with Crippen LogP contribution in [0.5, 0.6) is 0 Å². The Hall–Kier alpha value is -2.44. The van der Waals surface area contributed by atoms with Gasteiger partial charge in [0.05, 0.1) is 6.04 Å². The molecule has 2 aromatic rings. The van der Waals surface area contributed by atoms with Crippen LogP contribution in [0.4, 0.5) is 17.6 Å². The van der Waals surface area contributed by atoms with Crippen molar-refractivity contribution in [2.75, 3.05) is 0 Å². The van der Waals surface area contributed by atoms with Crippen molar-refractivity contribution in [3.63, 3.8) is 0 Å². The second kappa shape index (κ2) is 6.32. The average molecular weight is 380 g/mol. The van der Waals surface area contributed by atoms with E-state index in [1.165, 1.54) is 58.2 Å². The second-order valence-electron chi connectivity index (χ2n) is 7.28. The van der Waals surface area contributed by atoms with Gasteiger partial charge in [0.15, 0.2) is 0 Å². The third-order valence-electron chi connectivity index (χ3n) is 5.22. The Morgan fingerprint density at radius 3 is 2.41 bits per heavy atom. The number of nitrogens with zero attached hydrogens (tertiary/aromatic N) is 2. The van der Waals surface area contributed by atoms with Crippen molar-refractivity contribution in [2.24, 2.45) is 0 Å². The van der Waals surface area contributed by atoms with E-state index in [9.17, 15) is 13.6 Å². The van der Waals surface area contributed by atoms with Gasteiger partial charge in [-0.25, -0.2) is 8.78 Å². The van der Waals surface area contributed by atoms with Gasteiger partial charge in [0.2, 0.25) is 5.91 Å². The summed E-state index contributed by atoms with van der Waals surface area (Å²) in [4.78, 5) is 17.4. The standard InChI is InChI=1S/C20H20F4N2O/c1-11-9-13(10-25-16(11)18(21)22)17-14-7-5-6-8-15(14)20(23,24)19(3,4)26(17)12(2)27/h5-10,17-18H,1-4H3. The quantitative estimate of drug-likeness (QED) is 0.675. The number of hydrogen-bond donors (Lipinski definition) is 0. The third-order valence-corrected chi connectivity index (χ3v) is 5.22. The van der Waals surface area contributed by atoms with Crippen molar-refractivity contribution >= 4 is 5.91 Å². The van der Waals surface area contributed by atoms with Gasteiger partial charge >= 0.3 is 0 Å². The van der Waals surface area contributed by atoms with Crippen molar-refractivity contribution in [1.29, 1.82) is 0 Å². The molecule has 1 aliphatic rings. The molecule has 2 heterocycles. The molecule has 1 unspecified atom stereocenters. The minimum Gasteiger partial charge on any atom is -0.320 e. The number of alkyl halides is 4. The number of carbonyl (C=O) groups is 1. The molecular weight excluding hydrogens is 360 g/mol. The summed E-state index contributed by atoms with van der Waals surface area (Å²) in [5.74, 6) is -3.81. The number of rotatable bonds is 2. The molecule has 0 saturated carbocycles. The summed E-state index contributed by atoms with van der Waals surface area (Å²) < 4.78 is 56.5. The molecule has 1 aromatic heterocycles. The number of aryl methyl sites for hydroxylation is 1. The molecule has 144 valence electrons. The van der Waals surface area contributed by atoms with Crippen LogP contribution in [0.3, 0.4) is 0 Å². The van der Waals surface area contributed by atoms with Crippen molar-refractivity contribution in [3.05, 3.63) is 64.5 Å². The highest BCUT2D eigenvalue weighted by Crippen LogP contribution is 2.53. The predicted molar refractivity (Wildman–Crippen MR) is 92.7 cm³/mol. The van der Waals surface area contributed by atoms with Crippen molar-refractivity contribution < 1.29 is 22.4 Å². The Kier molecular flexibility index (Phi) is 4.52. The number of benzene rings is 1. The van der Waals surface area contributed by atoms with E-state index in [1.807, 2.05) is 0 Å². The molecule has 1 amide bonds. The lowest BCUT2D eigenvalue weighted by Gasteiger charge is -2.52. The monoisotopic (exact) mass is 380 g/mol. The van der Waals surface area contributed by atoms with E-state index in [0.29, 0.717) is 5.56 Å². The van der Waals surface area contributed by atoms with Crippen LogP contribution in [0.2, 0.25) is 0 Å². The Bertz CT molecular complexity index is 895. The van der Waals surface area contributed by atoms with E-state index in [0.717, 1.165) is 4.90 Å². The zero-order chi connectivity index (χ0) is 20.1. The summed E-state index contributed by atoms with van der Waals surface area (Å²) >= 11 is 0. The topological polar surface area (TPSA) is 33.2 Å². The third kappa shape index (κ3) is 2.80. The van der Waals surface area contributed by atoms with Gasteiger partial charge in [-0.3, -0.25) is 9.78 Å². The lowest BCUT2D eigenvalue weighted by Crippen LogP contribution is -2.61. The normalized spacial score (nSPS) is 20.5. The molecule has 1 atom stereocenters. The summed E-state index contributed by atoms with van der Waals surface area (Å²) in [6.45, 7) is 5.34. The van der Waals surface area contributed by atoms with Gasteiger partial charge in [-0.1, -0.05) is 30.3 Å². The van der Waals surface area contributed by atoms with E-state index in [2.05, 4.69) is 4.98 Å². The van der Waals surface area contributed by atoms with Crippen LogP contribution in [0, 0.1) is 6.92 Å². The molecule has 27 heavy (non-hydrogen) atoms. The predicted octanol–water partition coefficient (Wildman–Crippen LogP) is 5.15. The first-order valence-electron chi connectivity index (χ1n) is 8.52. The zero-order valence-corrected chi connectivity index (χ0v) is 15.4. The highest BCUT2D eigenvalue weighted by Gasteiger charge is 2.59. The van der Waals surface area contributed by atoms with Crippen LogP contribution in [0.25, 0.3) is 0 Å². The highest BCUT2D eigenvalue weighted by atomic mass is 19.3. The molecule has 3 nitrogen and oxygen atoms in total. The summed E-state index contributed by atoms with van der Waals surface area (Å²) in [5, 5.41) is 0. The van der Waals surface area contributed by atoms with Crippen LogP contribution in [-0.4, -0.2) is 21.3 Å². The summed E-state index contributed by atoms with van der Waals surface area (Å²) in [5.41, 5.74) is -1.41. The number of aromatic nitrogens is 1. The number of amides is 1. The Balaban J connectivity index is 2.29. The fraction of sp³-hybridized carbons (Fsp3) is 0.400. The van der Waals surface area contributed by atoms with Gasteiger partial charge in [0.1, 0.15) is 11.2 Å². The number of fused-ring (bicyclic) bond motifs is 1. The maximum atomic E-state index is 15.2. The number of hydrogen-bond acceptors (Lipinski definition) is 2. The molecule has 1 aliphatic heterocycles. The molecule has 0 radical (unpaired) electrons. The van der Waals surface area contributed by atoms with E-state index in [4.69, 9.17) is 0 Å². The average Bonchev–Trinajstić information content (AvgIpc) is 2.57. The molecule has 0 bridgehead atoms. The fourth-order valence-corrected chi connectivity index (χ4v) is 3.85. The summed E-state index contributed by atoms with van der Waals surface area (Å²) in [6, 6.07) is 6.67. The van der Waals surface area contributed by atoms with Gasteiger partial charge < -0.3 is 4.90 Å². The van der Waals surface area contributed by atoms with Crippen LogP contribution in [0.1, 0.15) is 61.2 Å². The fourth-order valence-electron chi connectivity index (χ4n) is 3.85. The van der Waals surface area contributed by atoms with Crippen molar-refractivity contribution in [1.82, 2.24) is 9.88 Å². The molecule has 0 fully saturated rings. The molecule has 0 spiro atoms. The molecule has 0 saturated heterocycles. The smallest absolute Gasteiger partial charge is 0.295 e. The molecule has 1 aromatic carbocycles. The molecular formula is C20H20F4N2O. The van der Waals surface area contributed by atoms with Crippen LogP contribution < -0.4 is 0 Å². The summed E-state index contributed by atoms with van der Waals surface area (Å²) in [6.07, 6.45) is -1.49. The number of halogens is 4. The molecule has 7 heteroatoms. The molecule has 0 aliphatic carbocycles. The molecule has 0 N–H and O–H groups in total. The highest BCUT2D eigenvalue weighted by molar-refractivity contribution is 5.76. The Morgan fingerprint density at radius 2 is 1.85 bits per heavy atom. The van der Waals surface area contributed by atoms with Gasteiger partial charge in [0.25, 0.3) is 12.3 Å². The zero-order valence-electron chi connectivity index (χ0n) is 15.4. The van der Waals surface area contributed by atoms with Crippen LogP contribution >= 0.6 is 0 Å². The minimum atomic E-state index is -3.28. The SMILES string of the molecule is CC(=O)N1C(c2cnc(C(F)F)c(C)c2)c2ccccc2C(F)(F)C1(C)C. The largest absolute Gasteiger partial charge is 0.320 e. The van der Waals surface area contributed by atoms with Gasteiger partial charge in [-0.15, -0.1) is 0 Å². The second-order valence-corrected chi connectivity index (χ2v) is 7.28. The van der Waals surface area contributed by atoms with Crippen molar-refractivity contribution in [2.45, 2.75) is 51.6 Å². The van der Waals surface area contributed by atoms with Gasteiger partial charge in [0, 0.05) is 18.7 Å². The van der Waals surface area contributed by atoms with Gasteiger partial charge in [-0.2, -0.15) is 8.78 Å². The van der Waals surface area contributed by atoms with Crippen LogP contribution in [0.15, 0.2) is 36.5 Å². The van der Waals surface area contributed by atoms with E-state index in [-0.39, 0.29) is 22.4 Å². The van der Waals surface area contributed by atoms with E-state index in [1.54, 1.807) is 6.07 Å². The summed E-state index contributed by atoms with van der Waals surface area (Å²) in [7, 11) is 0. The lowest BCUT2D eigenvalue weighted by atomic mass is 9.76. The van der Waals surface area contributed by atoms with Crippen molar-refractivity contribution in [3.8, 4) is 0 Å². The molecule has 3 rings (SSSR count). The maximum absolute atomic E-state index is 15.2. The van der Waals surface area contributed by atoms with Gasteiger partial charge in [-0.05, 0) is 37.5 Å². The van der Waals surface area contributed by atoms with E-state index < -0.39 is 29.8 Å². The first-order valence-corrected chi connectivity index (χ1v) is 8.52.